The van der Waals surface area contributed by atoms with Gasteiger partial charge in [-0.1, -0.05) is 24.3 Å². The highest BCUT2D eigenvalue weighted by atomic mass is 16.6. The Morgan fingerprint density at radius 1 is 1.00 bits per heavy atom. The Kier molecular flexibility index (Phi) is 2.57. The Bertz CT molecular complexity index is 545. The fourth-order valence-electron chi connectivity index (χ4n) is 1.94. The molecule has 0 amide bonds. The average Bonchev–Trinajstić information content (AvgIpc) is 2.48. The van der Waals surface area contributed by atoms with Crippen molar-refractivity contribution in [2.24, 2.45) is 0 Å². The topological polar surface area (TPSA) is 53.5 Å². The van der Waals surface area contributed by atoms with E-state index in [0.717, 1.165) is 11.4 Å². The zero-order valence-electron chi connectivity index (χ0n) is 9.76. The number of nitrogens with one attached hydrogen (secondary N) is 2. The lowest BCUT2D eigenvalue weighted by atomic mass is 10.3. The number of para-hydroxylation sites is 1. The number of aliphatic hydroxyl groups is 1. The minimum atomic E-state index is -1.46. The molecular weight excluding hydrogens is 228 g/mol. The number of hydrogen-bond donors (Lipinski definition) is 3. The zero-order chi connectivity index (χ0) is 12.4. The molecule has 0 saturated carbocycles. The molecule has 0 fully saturated rings. The molecule has 0 aliphatic carbocycles. The Balaban J connectivity index is 1.83. The van der Waals surface area contributed by atoms with Gasteiger partial charge in [0.2, 0.25) is 0 Å². The number of β-amino-alcohol motifs (C(OH)–C–C–N with tert-alkyl or cyclic N) is 1. The molecule has 1 aliphatic rings. The molecule has 0 radical (unpaired) electrons. The Morgan fingerprint density at radius 2 is 1.78 bits per heavy atom. The molecule has 2 aromatic carbocycles. The SMILES string of the molecule is OC1(Oc2ccccc2)CNc2cccc(c2)N1. The zero-order valence-corrected chi connectivity index (χ0v) is 9.76. The van der Waals surface area contributed by atoms with Crippen LogP contribution in [-0.2, 0) is 0 Å². The Labute approximate surface area is 105 Å². The van der Waals surface area contributed by atoms with Gasteiger partial charge >= 0.3 is 5.91 Å². The van der Waals surface area contributed by atoms with Crippen molar-refractivity contribution in [3.8, 4) is 5.75 Å². The molecule has 1 aliphatic heterocycles. The highest BCUT2D eigenvalue weighted by molar-refractivity contribution is 5.59. The van der Waals surface area contributed by atoms with Gasteiger partial charge in [0.25, 0.3) is 0 Å². The molecule has 2 bridgehead atoms. The first-order valence-corrected chi connectivity index (χ1v) is 5.82. The first-order chi connectivity index (χ1) is 8.73. The molecule has 0 spiro atoms. The molecular formula is C14H14N2O2. The van der Waals surface area contributed by atoms with Gasteiger partial charge in [0.1, 0.15) is 12.3 Å². The molecule has 1 heterocycles. The summed E-state index contributed by atoms with van der Waals surface area (Å²) in [7, 11) is 0. The Morgan fingerprint density at radius 3 is 2.61 bits per heavy atom. The van der Waals surface area contributed by atoms with Crippen molar-refractivity contribution in [3.63, 3.8) is 0 Å². The van der Waals surface area contributed by atoms with E-state index in [0.29, 0.717) is 5.75 Å². The number of benzene rings is 2. The quantitative estimate of drug-likeness (QED) is 0.707. The van der Waals surface area contributed by atoms with E-state index in [2.05, 4.69) is 10.6 Å². The molecule has 0 aromatic heterocycles. The van der Waals surface area contributed by atoms with E-state index in [1.165, 1.54) is 0 Å². The van der Waals surface area contributed by atoms with Crippen molar-refractivity contribution in [1.29, 1.82) is 0 Å². The second-order valence-corrected chi connectivity index (χ2v) is 4.26. The number of fused-ring (bicyclic) bond motifs is 2. The van der Waals surface area contributed by atoms with Crippen LogP contribution in [0.3, 0.4) is 0 Å². The van der Waals surface area contributed by atoms with E-state index < -0.39 is 5.91 Å². The van der Waals surface area contributed by atoms with Gasteiger partial charge in [-0.25, -0.2) is 0 Å². The fraction of sp³-hybridized carbons (Fsp3) is 0.143. The van der Waals surface area contributed by atoms with Crippen LogP contribution in [0.2, 0.25) is 0 Å². The van der Waals surface area contributed by atoms with Gasteiger partial charge in [-0.2, -0.15) is 0 Å². The van der Waals surface area contributed by atoms with Crippen LogP contribution in [0, 0.1) is 0 Å². The first kappa shape index (κ1) is 10.9. The van der Waals surface area contributed by atoms with Gasteiger partial charge in [0.15, 0.2) is 0 Å². The summed E-state index contributed by atoms with van der Waals surface area (Å²) in [5, 5.41) is 16.6. The van der Waals surface area contributed by atoms with Crippen LogP contribution in [0.5, 0.6) is 5.75 Å². The highest BCUT2D eigenvalue weighted by Gasteiger charge is 2.31. The van der Waals surface area contributed by atoms with E-state index in [-0.39, 0.29) is 6.54 Å². The summed E-state index contributed by atoms with van der Waals surface area (Å²) in [6, 6.07) is 16.9. The molecule has 0 saturated heterocycles. The van der Waals surface area contributed by atoms with Crippen molar-refractivity contribution in [2.75, 3.05) is 17.2 Å². The summed E-state index contributed by atoms with van der Waals surface area (Å²) < 4.78 is 5.61. The fourth-order valence-corrected chi connectivity index (χ4v) is 1.94. The maximum atomic E-state index is 10.5. The lowest BCUT2D eigenvalue weighted by Gasteiger charge is -2.29. The standard InChI is InChI=1S/C14H14N2O2/c17-14(18-13-7-2-1-3-8-13)10-15-11-5-4-6-12(9-11)16-14/h1-9,15-17H,10H2. The minimum absolute atomic E-state index is 0.259. The van der Waals surface area contributed by atoms with Crippen LogP contribution >= 0.6 is 0 Å². The third-order valence-electron chi connectivity index (χ3n) is 2.76. The van der Waals surface area contributed by atoms with Crippen LogP contribution in [0.15, 0.2) is 54.6 Å². The van der Waals surface area contributed by atoms with Crippen molar-refractivity contribution < 1.29 is 9.84 Å². The molecule has 92 valence electrons. The van der Waals surface area contributed by atoms with E-state index in [4.69, 9.17) is 4.74 Å². The van der Waals surface area contributed by atoms with Gasteiger partial charge < -0.3 is 20.5 Å². The first-order valence-electron chi connectivity index (χ1n) is 5.82. The van der Waals surface area contributed by atoms with Crippen molar-refractivity contribution in [2.45, 2.75) is 5.91 Å². The van der Waals surface area contributed by atoms with Crippen molar-refractivity contribution in [1.82, 2.24) is 0 Å². The van der Waals surface area contributed by atoms with Gasteiger partial charge in [-0.15, -0.1) is 0 Å². The molecule has 2 aromatic rings. The van der Waals surface area contributed by atoms with Crippen LogP contribution in [0.1, 0.15) is 0 Å². The third-order valence-corrected chi connectivity index (χ3v) is 2.76. The van der Waals surface area contributed by atoms with Gasteiger partial charge in [0.05, 0.1) is 0 Å². The summed E-state index contributed by atoms with van der Waals surface area (Å²) in [4.78, 5) is 0. The predicted octanol–water partition coefficient (Wildman–Crippen LogP) is 2.25. The van der Waals surface area contributed by atoms with Crippen LogP contribution < -0.4 is 15.4 Å². The number of rotatable bonds is 2. The van der Waals surface area contributed by atoms with Gasteiger partial charge in [-0.05, 0) is 30.3 Å². The molecule has 4 heteroatoms. The minimum Gasteiger partial charge on any atom is -0.443 e. The molecule has 3 N–H and O–H groups in total. The maximum Gasteiger partial charge on any atom is 0.307 e. The molecule has 3 rings (SSSR count). The van der Waals surface area contributed by atoms with Crippen molar-refractivity contribution in [3.05, 3.63) is 54.6 Å². The Hall–Kier alpha value is -2.20. The highest BCUT2D eigenvalue weighted by Crippen LogP contribution is 2.25. The van der Waals surface area contributed by atoms with Crippen LogP contribution in [-0.4, -0.2) is 17.6 Å². The predicted molar refractivity (Wildman–Crippen MR) is 70.6 cm³/mol. The van der Waals surface area contributed by atoms with Gasteiger partial charge in [-0.3, -0.25) is 0 Å². The van der Waals surface area contributed by atoms with Gasteiger partial charge in [0, 0.05) is 11.4 Å². The lowest BCUT2D eigenvalue weighted by molar-refractivity contribution is -0.0995. The normalized spacial score (nSPS) is 21.4. The van der Waals surface area contributed by atoms with E-state index in [1.807, 2.05) is 42.5 Å². The van der Waals surface area contributed by atoms with E-state index in [9.17, 15) is 5.11 Å². The second-order valence-electron chi connectivity index (χ2n) is 4.26. The largest absolute Gasteiger partial charge is 0.443 e. The van der Waals surface area contributed by atoms with E-state index in [1.54, 1.807) is 12.1 Å². The summed E-state index contributed by atoms with van der Waals surface area (Å²) >= 11 is 0. The van der Waals surface area contributed by atoms with Crippen LogP contribution in [0.4, 0.5) is 11.4 Å². The molecule has 1 unspecified atom stereocenters. The average molecular weight is 242 g/mol. The number of hydrogen-bond acceptors (Lipinski definition) is 4. The second kappa shape index (κ2) is 4.23. The summed E-state index contributed by atoms with van der Waals surface area (Å²) in [6.07, 6.45) is 0. The summed E-state index contributed by atoms with van der Waals surface area (Å²) in [5.41, 5.74) is 1.77. The van der Waals surface area contributed by atoms with Crippen LogP contribution in [0.25, 0.3) is 0 Å². The maximum absolute atomic E-state index is 10.5. The summed E-state index contributed by atoms with van der Waals surface area (Å²) in [5.74, 6) is -0.846. The van der Waals surface area contributed by atoms with Crippen molar-refractivity contribution >= 4 is 11.4 Å². The number of anilines is 2. The third kappa shape index (κ3) is 2.24. The molecule has 1 atom stereocenters. The molecule has 18 heavy (non-hydrogen) atoms. The van der Waals surface area contributed by atoms with E-state index >= 15 is 0 Å². The smallest absolute Gasteiger partial charge is 0.307 e. The monoisotopic (exact) mass is 242 g/mol. The number of ether oxygens (including phenoxy) is 1. The molecule has 4 nitrogen and oxygen atoms in total. The summed E-state index contributed by atoms with van der Waals surface area (Å²) in [6.45, 7) is 0.259. The lowest BCUT2D eigenvalue weighted by Crippen LogP contribution is -2.49.